The van der Waals surface area contributed by atoms with Crippen LogP contribution in [-0.4, -0.2) is 29.4 Å². The van der Waals surface area contributed by atoms with Gasteiger partial charge in [-0.3, -0.25) is 0 Å². The normalized spacial score (nSPS) is 14.1. The van der Waals surface area contributed by atoms with Crippen molar-refractivity contribution >= 4 is 10.1 Å². The van der Waals surface area contributed by atoms with Crippen LogP contribution in [0.2, 0.25) is 0 Å². The fourth-order valence-electron chi connectivity index (χ4n) is 3.10. The molecule has 0 rings (SSSR count). The molecule has 0 aromatic rings. The van der Waals surface area contributed by atoms with Crippen LogP contribution in [0, 0.1) is 0 Å². The monoisotopic (exact) mass is 402 g/mol. The molecular formula is C19H39KO4S. The van der Waals surface area contributed by atoms with Gasteiger partial charge in [0.25, 0.3) is 0 Å². The summed E-state index contributed by atoms with van der Waals surface area (Å²) in [4.78, 5) is 0. The third-order valence-electron chi connectivity index (χ3n) is 4.69. The summed E-state index contributed by atoms with van der Waals surface area (Å²) in [7, 11) is -4.16. The molecule has 0 spiro atoms. The van der Waals surface area contributed by atoms with Crippen molar-refractivity contribution in [3.05, 3.63) is 0 Å². The molecule has 4 nitrogen and oxygen atoms in total. The van der Waals surface area contributed by atoms with Crippen LogP contribution in [0.3, 0.4) is 0 Å². The van der Waals surface area contributed by atoms with Crippen LogP contribution in [0.1, 0.15) is 110 Å². The standard InChI is InChI=1S/C19H40O4S.K/c1-3-4-5-6-7-10-13-16-19(24(21,22)23)17-14-11-8-9-12-15-18(2)20;/h18-20H,3-17H2,1-2H3,(H,21,22,23);/q;+1/p-1. The quantitative estimate of drug-likeness (QED) is 0.230. The Balaban J connectivity index is 0. The van der Waals surface area contributed by atoms with E-state index in [9.17, 15) is 18.1 Å². The molecule has 0 amide bonds. The van der Waals surface area contributed by atoms with E-state index in [2.05, 4.69) is 6.92 Å². The Morgan fingerprint density at radius 1 is 0.760 bits per heavy atom. The molecule has 6 heteroatoms. The van der Waals surface area contributed by atoms with Gasteiger partial charge in [-0.05, 0) is 26.2 Å². The second-order valence-corrected chi connectivity index (χ2v) is 8.87. The summed E-state index contributed by atoms with van der Waals surface area (Å²) in [5.74, 6) is 0. The van der Waals surface area contributed by atoms with Crippen LogP contribution in [0.5, 0.6) is 0 Å². The Hall–Kier alpha value is 1.51. The zero-order valence-corrected chi connectivity index (χ0v) is 20.8. The molecule has 25 heavy (non-hydrogen) atoms. The van der Waals surface area contributed by atoms with E-state index >= 15 is 0 Å². The Morgan fingerprint density at radius 3 is 1.48 bits per heavy atom. The average Bonchev–Trinajstić information content (AvgIpc) is 2.49. The van der Waals surface area contributed by atoms with Crippen molar-refractivity contribution in [2.45, 2.75) is 122 Å². The van der Waals surface area contributed by atoms with Gasteiger partial charge in [0.05, 0.1) is 16.2 Å². The van der Waals surface area contributed by atoms with E-state index in [1.807, 2.05) is 0 Å². The number of hydrogen-bond acceptors (Lipinski definition) is 4. The molecule has 0 aliphatic heterocycles. The third-order valence-corrected chi connectivity index (χ3v) is 5.97. The SMILES string of the molecule is CCCCCCCCCC(CCCCCCCC(C)O)S(=O)(=O)[O-].[K+]. The van der Waals surface area contributed by atoms with Gasteiger partial charge in [-0.1, -0.05) is 84.0 Å². The number of aliphatic hydroxyl groups excluding tert-OH is 1. The zero-order valence-electron chi connectivity index (χ0n) is 16.8. The van der Waals surface area contributed by atoms with Crippen molar-refractivity contribution in [2.24, 2.45) is 0 Å². The van der Waals surface area contributed by atoms with E-state index < -0.39 is 15.4 Å². The molecule has 0 aliphatic rings. The van der Waals surface area contributed by atoms with E-state index in [1.165, 1.54) is 25.7 Å². The van der Waals surface area contributed by atoms with Gasteiger partial charge in [0, 0.05) is 5.25 Å². The van der Waals surface area contributed by atoms with Crippen LogP contribution in [0.25, 0.3) is 0 Å². The number of aliphatic hydroxyl groups is 1. The van der Waals surface area contributed by atoms with Crippen LogP contribution in [0.4, 0.5) is 0 Å². The summed E-state index contributed by atoms with van der Waals surface area (Å²) >= 11 is 0. The minimum Gasteiger partial charge on any atom is -0.748 e. The predicted octanol–water partition coefficient (Wildman–Crippen LogP) is 2.16. The van der Waals surface area contributed by atoms with Crippen molar-refractivity contribution in [3.63, 3.8) is 0 Å². The number of hydrogen-bond donors (Lipinski definition) is 1. The molecule has 0 aromatic heterocycles. The van der Waals surface area contributed by atoms with Crippen molar-refractivity contribution in [2.75, 3.05) is 0 Å². The topological polar surface area (TPSA) is 77.4 Å². The van der Waals surface area contributed by atoms with Gasteiger partial charge in [0.2, 0.25) is 0 Å². The first-order chi connectivity index (χ1) is 11.4. The second-order valence-electron chi connectivity index (χ2n) is 7.22. The van der Waals surface area contributed by atoms with Gasteiger partial charge >= 0.3 is 51.4 Å². The number of unbranched alkanes of at least 4 members (excludes halogenated alkanes) is 10. The van der Waals surface area contributed by atoms with E-state index in [0.29, 0.717) is 12.8 Å². The maximum absolute atomic E-state index is 11.4. The molecule has 0 bridgehead atoms. The molecule has 0 aliphatic carbocycles. The Bertz CT molecular complexity index is 372. The zero-order chi connectivity index (χ0) is 18.3. The molecule has 0 fully saturated rings. The summed E-state index contributed by atoms with van der Waals surface area (Å²) in [6, 6.07) is 0. The number of rotatable bonds is 17. The summed E-state index contributed by atoms with van der Waals surface area (Å²) in [5, 5.41) is 8.49. The maximum atomic E-state index is 11.4. The summed E-state index contributed by atoms with van der Waals surface area (Å²) < 4.78 is 34.2. The van der Waals surface area contributed by atoms with Crippen LogP contribution >= 0.6 is 0 Å². The van der Waals surface area contributed by atoms with Crippen LogP contribution in [0.15, 0.2) is 0 Å². The minimum absolute atomic E-state index is 0. The first-order valence-corrected chi connectivity index (χ1v) is 11.5. The molecule has 0 heterocycles. The molecule has 0 aromatic carbocycles. The Labute approximate surface area is 199 Å². The first kappa shape index (κ1) is 28.7. The maximum Gasteiger partial charge on any atom is 1.00 e. The van der Waals surface area contributed by atoms with Crippen LogP contribution in [-0.2, 0) is 10.1 Å². The van der Waals surface area contributed by atoms with Gasteiger partial charge < -0.3 is 9.66 Å². The van der Waals surface area contributed by atoms with Crippen molar-refractivity contribution in [1.29, 1.82) is 0 Å². The summed E-state index contributed by atoms with van der Waals surface area (Å²) in [5.41, 5.74) is 0. The Kier molecular flexibility index (Phi) is 21.7. The molecule has 0 radical (unpaired) electrons. The molecule has 0 saturated carbocycles. The predicted molar refractivity (Wildman–Crippen MR) is 100 cm³/mol. The first-order valence-electron chi connectivity index (χ1n) is 10.0. The molecule has 2 unspecified atom stereocenters. The summed E-state index contributed by atoms with van der Waals surface area (Å²) in [6.45, 7) is 3.99. The summed E-state index contributed by atoms with van der Waals surface area (Å²) in [6.07, 6.45) is 14.6. The fraction of sp³-hybridized carbons (Fsp3) is 1.00. The van der Waals surface area contributed by atoms with E-state index in [4.69, 9.17) is 0 Å². The molecule has 146 valence electrons. The molecule has 2 atom stereocenters. The van der Waals surface area contributed by atoms with Gasteiger partial charge in [0.1, 0.15) is 0 Å². The average molecular weight is 403 g/mol. The largest absolute Gasteiger partial charge is 1.00 e. The van der Waals surface area contributed by atoms with Gasteiger partial charge in [-0.15, -0.1) is 0 Å². The molecular weight excluding hydrogens is 363 g/mol. The Morgan fingerprint density at radius 2 is 1.12 bits per heavy atom. The van der Waals surface area contributed by atoms with Crippen molar-refractivity contribution in [1.82, 2.24) is 0 Å². The minimum atomic E-state index is -4.16. The van der Waals surface area contributed by atoms with E-state index in [1.54, 1.807) is 6.92 Å². The van der Waals surface area contributed by atoms with Gasteiger partial charge in [-0.2, -0.15) is 0 Å². The van der Waals surface area contributed by atoms with E-state index in [0.717, 1.165) is 57.8 Å². The molecule has 0 saturated heterocycles. The third kappa shape index (κ3) is 20.1. The molecule has 1 N–H and O–H groups in total. The van der Waals surface area contributed by atoms with Crippen LogP contribution < -0.4 is 51.4 Å². The smallest absolute Gasteiger partial charge is 0.748 e. The van der Waals surface area contributed by atoms with Gasteiger partial charge in [-0.25, -0.2) is 8.42 Å². The second kappa shape index (κ2) is 18.9. The van der Waals surface area contributed by atoms with Crippen molar-refractivity contribution < 1.29 is 69.5 Å². The fourth-order valence-corrected chi connectivity index (χ4v) is 4.01. The van der Waals surface area contributed by atoms with Crippen molar-refractivity contribution in [3.8, 4) is 0 Å². The van der Waals surface area contributed by atoms with E-state index in [-0.39, 0.29) is 57.5 Å². The van der Waals surface area contributed by atoms with Gasteiger partial charge in [0.15, 0.2) is 0 Å².